The van der Waals surface area contributed by atoms with Gasteiger partial charge < -0.3 is 9.84 Å². The van der Waals surface area contributed by atoms with Crippen LogP contribution in [0.25, 0.3) is 0 Å². The normalized spacial score (nSPS) is 15.2. The third-order valence-corrected chi connectivity index (χ3v) is 3.45. The first-order chi connectivity index (χ1) is 9.19. The molecule has 0 bridgehead atoms. The van der Waals surface area contributed by atoms with Crippen molar-refractivity contribution in [2.24, 2.45) is 5.92 Å². The SMILES string of the molecule is CCCCC(O)(c1ccc(OC(F)(F)F)cc1)C(C)C. The number of ether oxygens (including phenoxy) is 1. The van der Waals surface area contributed by atoms with Crippen molar-refractivity contribution in [3.05, 3.63) is 29.8 Å². The molecular formula is C15H21F3O2. The Morgan fingerprint density at radius 3 is 2.10 bits per heavy atom. The van der Waals surface area contributed by atoms with Crippen molar-refractivity contribution in [2.45, 2.75) is 52.0 Å². The molecule has 0 radical (unpaired) electrons. The van der Waals surface area contributed by atoms with Crippen molar-refractivity contribution in [1.29, 1.82) is 0 Å². The maximum atomic E-state index is 12.1. The van der Waals surface area contributed by atoms with E-state index in [1.165, 1.54) is 24.3 Å². The number of rotatable bonds is 6. The summed E-state index contributed by atoms with van der Waals surface area (Å²) in [5, 5.41) is 10.8. The van der Waals surface area contributed by atoms with Crippen LogP contribution in [0.15, 0.2) is 24.3 Å². The quantitative estimate of drug-likeness (QED) is 0.828. The highest BCUT2D eigenvalue weighted by Crippen LogP contribution is 2.35. The summed E-state index contributed by atoms with van der Waals surface area (Å²) in [5.74, 6) is -0.300. The molecule has 1 rings (SSSR count). The van der Waals surface area contributed by atoms with E-state index in [2.05, 4.69) is 4.74 Å². The number of benzene rings is 1. The molecule has 114 valence electrons. The van der Waals surface area contributed by atoms with Gasteiger partial charge in [0.05, 0.1) is 5.60 Å². The molecule has 20 heavy (non-hydrogen) atoms. The summed E-state index contributed by atoms with van der Waals surface area (Å²) in [7, 11) is 0. The van der Waals surface area contributed by atoms with Crippen LogP contribution in [0, 0.1) is 5.92 Å². The Morgan fingerprint density at radius 2 is 1.70 bits per heavy atom. The van der Waals surface area contributed by atoms with Gasteiger partial charge in [0.2, 0.25) is 0 Å². The summed E-state index contributed by atoms with van der Waals surface area (Å²) >= 11 is 0. The van der Waals surface area contributed by atoms with Gasteiger partial charge in [-0.1, -0.05) is 45.7 Å². The fourth-order valence-electron chi connectivity index (χ4n) is 2.16. The van der Waals surface area contributed by atoms with Crippen LogP contribution < -0.4 is 4.74 Å². The second-order valence-electron chi connectivity index (χ2n) is 5.25. The topological polar surface area (TPSA) is 29.5 Å². The van der Waals surface area contributed by atoms with Gasteiger partial charge in [0.1, 0.15) is 5.75 Å². The van der Waals surface area contributed by atoms with E-state index in [1.54, 1.807) is 0 Å². The summed E-state index contributed by atoms with van der Waals surface area (Å²) in [4.78, 5) is 0. The van der Waals surface area contributed by atoms with E-state index in [1.807, 2.05) is 20.8 Å². The fraction of sp³-hybridized carbons (Fsp3) is 0.600. The summed E-state index contributed by atoms with van der Waals surface area (Å²) in [6, 6.07) is 5.47. The highest BCUT2D eigenvalue weighted by atomic mass is 19.4. The molecule has 1 aromatic rings. The third-order valence-electron chi connectivity index (χ3n) is 3.45. The van der Waals surface area contributed by atoms with Crippen LogP contribution in [0.1, 0.15) is 45.6 Å². The lowest BCUT2D eigenvalue weighted by molar-refractivity contribution is -0.274. The number of alkyl halides is 3. The van der Waals surface area contributed by atoms with Crippen molar-refractivity contribution < 1.29 is 23.0 Å². The minimum atomic E-state index is -4.70. The van der Waals surface area contributed by atoms with Crippen molar-refractivity contribution in [1.82, 2.24) is 0 Å². The minimum Gasteiger partial charge on any atom is -0.406 e. The van der Waals surface area contributed by atoms with Gasteiger partial charge in [-0.3, -0.25) is 0 Å². The lowest BCUT2D eigenvalue weighted by Crippen LogP contribution is -2.32. The molecule has 0 saturated heterocycles. The van der Waals surface area contributed by atoms with E-state index in [-0.39, 0.29) is 11.7 Å². The van der Waals surface area contributed by atoms with E-state index < -0.39 is 12.0 Å². The van der Waals surface area contributed by atoms with Crippen molar-refractivity contribution in [2.75, 3.05) is 0 Å². The maximum Gasteiger partial charge on any atom is 0.573 e. The number of halogens is 3. The molecule has 0 saturated carbocycles. The maximum absolute atomic E-state index is 12.1. The number of aliphatic hydroxyl groups is 1. The van der Waals surface area contributed by atoms with Gasteiger partial charge in [-0.05, 0) is 30.0 Å². The van der Waals surface area contributed by atoms with Gasteiger partial charge in [0.15, 0.2) is 0 Å². The van der Waals surface area contributed by atoms with Crippen molar-refractivity contribution >= 4 is 0 Å². The Hall–Kier alpha value is -1.23. The molecule has 5 heteroatoms. The molecule has 1 unspecified atom stereocenters. The molecule has 0 spiro atoms. The van der Waals surface area contributed by atoms with Crippen LogP contribution in [-0.2, 0) is 5.60 Å². The van der Waals surface area contributed by atoms with Crippen LogP contribution in [0.3, 0.4) is 0 Å². The molecule has 0 aromatic heterocycles. The van der Waals surface area contributed by atoms with Gasteiger partial charge in [-0.15, -0.1) is 13.2 Å². The van der Waals surface area contributed by atoms with Crippen LogP contribution in [0.2, 0.25) is 0 Å². The van der Waals surface area contributed by atoms with E-state index in [9.17, 15) is 18.3 Å². The molecule has 0 amide bonds. The molecule has 1 aromatic carbocycles. The number of hydrogen-bond donors (Lipinski definition) is 1. The Balaban J connectivity index is 2.94. The van der Waals surface area contributed by atoms with Crippen molar-refractivity contribution in [3.63, 3.8) is 0 Å². The van der Waals surface area contributed by atoms with Gasteiger partial charge >= 0.3 is 6.36 Å². The zero-order valence-electron chi connectivity index (χ0n) is 12.0. The monoisotopic (exact) mass is 290 g/mol. The standard InChI is InChI=1S/C15H21F3O2/c1-4-5-10-14(19,11(2)3)12-6-8-13(9-7-12)20-15(16,17)18/h6-9,11,19H,4-5,10H2,1-3H3. The fourth-order valence-corrected chi connectivity index (χ4v) is 2.16. The highest BCUT2D eigenvalue weighted by Gasteiger charge is 2.34. The van der Waals surface area contributed by atoms with Gasteiger partial charge in [0, 0.05) is 0 Å². The average molecular weight is 290 g/mol. The van der Waals surface area contributed by atoms with Crippen LogP contribution in [0.4, 0.5) is 13.2 Å². The predicted molar refractivity (Wildman–Crippen MR) is 71.4 cm³/mol. The zero-order valence-corrected chi connectivity index (χ0v) is 12.0. The Bertz CT molecular complexity index is 412. The molecule has 0 aliphatic heterocycles. The molecule has 0 aliphatic carbocycles. The summed E-state index contributed by atoms with van der Waals surface area (Å²) in [5.41, 5.74) is -0.400. The lowest BCUT2D eigenvalue weighted by Gasteiger charge is -2.33. The summed E-state index contributed by atoms with van der Waals surface area (Å²) in [6.45, 7) is 5.83. The number of unbranched alkanes of at least 4 members (excludes halogenated alkanes) is 1. The molecular weight excluding hydrogens is 269 g/mol. The zero-order chi connectivity index (χ0) is 15.4. The third kappa shape index (κ3) is 4.40. The Morgan fingerprint density at radius 1 is 1.15 bits per heavy atom. The first-order valence-electron chi connectivity index (χ1n) is 6.77. The highest BCUT2D eigenvalue weighted by molar-refractivity contribution is 5.31. The molecule has 1 atom stereocenters. The molecule has 0 aliphatic rings. The van der Waals surface area contributed by atoms with Crippen LogP contribution in [-0.4, -0.2) is 11.5 Å². The Kier molecular flexibility index (Phi) is 5.45. The van der Waals surface area contributed by atoms with E-state index in [4.69, 9.17) is 0 Å². The molecule has 0 fully saturated rings. The average Bonchev–Trinajstić information content (AvgIpc) is 2.34. The number of hydrogen-bond acceptors (Lipinski definition) is 2. The van der Waals surface area contributed by atoms with Gasteiger partial charge in [-0.2, -0.15) is 0 Å². The van der Waals surface area contributed by atoms with E-state index >= 15 is 0 Å². The molecule has 2 nitrogen and oxygen atoms in total. The van der Waals surface area contributed by atoms with E-state index in [0.717, 1.165) is 12.8 Å². The van der Waals surface area contributed by atoms with Crippen LogP contribution >= 0.6 is 0 Å². The smallest absolute Gasteiger partial charge is 0.406 e. The largest absolute Gasteiger partial charge is 0.573 e. The van der Waals surface area contributed by atoms with Gasteiger partial charge in [-0.25, -0.2) is 0 Å². The summed E-state index contributed by atoms with van der Waals surface area (Å²) < 4.78 is 40.1. The van der Waals surface area contributed by atoms with Crippen molar-refractivity contribution in [3.8, 4) is 5.75 Å². The molecule has 1 N–H and O–H groups in total. The first-order valence-corrected chi connectivity index (χ1v) is 6.77. The summed E-state index contributed by atoms with van der Waals surface area (Å²) in [6.07, 6.45) is -2.31. The first kappa shape index (κ1) is 16.8. The molecule has 0 heterocycles. The van der Waals surface area contributed by atoms with E-state index in [0.29, 0.717) is 12.0 Å². The second-order valence-corrected chi connectivity index (χ2v) is 5.25. The van der Waals surface area contributed by atoms with Gasteiger partial charge in [0.25, 0.3) is 0 Å². The minimum absolute atomic E-state index is 0.0246. The van der Waals surface area contributed by atoms with Crippen LogP contribution in [0.5, 0.6) is 5.75 Å². The lowest BCUT2D eigenvalue weighted by atomic mass is 9.79. The Labute approximate surface area is 117 Å². The predicted octanol–water partition coefficient (Wildman–Crippen LogP) is 4.62. The second kappa shape index (κ2) is 6.48.